The number of carbonyl (C=O) groups excluding carboxylic acids is 2. The van der Waals surface area contributed by atoms with Gasteiger partial charge in [-0.05, 0) is 52.0 Å². The zero-order valence-electron chi connectivity index (χ0n) is 14.3. The highest BCUT2D eigenvalue weighted by Gasteiger charge is 2.30. The van der Waals surface area contributed by atoms with Gasteiger partial charge in [-0.3, -0.25) is 15.0 Å². The summed E-state index contributed by atoms with van der Waals surface area (Å²) in [6.45, 7) is 7.48. The van der Waals surface area contributed by atoms with Crippen LogP contribution in [0.3, 0.4) is 0 Å². The molecule has 2 rings (SSSR count). The minimum absolute atomic E-state index is 0.272. The van der Waals surface area contributed by atoms with Gasteiger partial charge in [0, 0.05) is 5.56 Å². The number of hydrogen-bond acceptors (Lipinski definition) is 2. The van der Waals surface area contributed by atoms with Gasteiger partial charge in [0.15, 0.2) is 0 Å². The highest BCUT2D eigenvalue weighted by atomic mass is 35.5. The maximum absolute atomic E-state index is 12.9. The highest BCUT2D eigenvalue weighted by Crippen LogP contribution is 2.19. The topological polar surface area (TPSA) is 49.4 Å². The van der Waals surface area contributed by atoms with Crippen molar-refractivity contribution in [3.05, 3.63) is 70.2 Å². The van der Waals surface area contributed by atoms with Crippen LogP contribution in [0.1, 0.15) is 47.1 Å². The summed E-state index contributed by atoms with van der Waals surface area (Å²) in [6.07, 6.45) is 0. The lowest BCUT2D eigenvalue weighted by atomic mass is 10.1. The summed E-state index contributed by atoms with van der Waals surface area (Å²) in [4.78, 5) is 25.4. The first-order valence-corrected chi connectivity index (χ1v) is 8.04. The van der Waals surface area contributed by atoms with E-state index in [4.69, 9.17) is 11.6 Å². The normalized spacial score (nSPS) is 11.0. The quantitative estimate of drug-likeness (QED) is 0.828. The summed E-state index contributed by atoms with van der Waals surface area (Å²) in [5.74, 6) is -0.692. The average molecular weight is 345 g/mol. The zero-order valence-corrected chi connectivity index (χ0v) is 15.0. The van der Waals surface area contributed by atoms with E-state index in [2.05, 4.69) is 5.43 Å². The molecule has 0 aromatic heterocycles. The van der Waals surface area contributed by atoms with E-state index in [0.717, 1.165) is 5.56 Å². The van der Waals surface area contributed by atoms with Crippen LogP contribution in [0.15, 0.2) is 48.5 Å². The van der Waals surface area contributed by atoms with Crippen molar-refractivity contribution in [2.75, 3.05) is 0 Å². The van der Waals surface area contributed by atoms with Crippen LogP contribution in [0.25, 0.3) is 0 Å². The number of hydrazine groups is 1. The number of carbonyl (C=O) groups is 2. The lowest BCUT2D eigenvalue weighted by Crippen LogP contribution is -2.55. The van der Waals surface area contributed by atoms with Crippen molar-refractivity contribution in [1.82, 2.24) is 10.4 Å². The molecule has 2 amide bonds. The minimum atomic E-state index is -0.599. The fourth-order valence-electron chi connectivity index (χ4n) is 2.24. The molecule has 5 heteroatoms. The Bertz CT molecular complexity index is 766. The molecule has 0 radical (unpaired) electrons. The largest absolute Gasteiger partial charge is 0.272 e. The van der Waals surface area contributed by atoms with Crippen molar-refractivity contribution < 1.29 is 9.59 Å². The summed E-state index contributed by atoms with van der Waals surface area (Å²) < 4.78 is 0. The van der Waals surface area contributed by atoms with Gasteiger partial charge < -0.3 is 0 Å². The molecule has 0 spiro atoms. The molecule has 2 aromatic rings. The molecule has 0 fully saturated rings. The van der Waals surface area contributed by atoms with Crippen LogP contribution < -0.4 is 5.43 Å². The maximum atomic E-state index is 12.9. The molecule has 0 bridgehead atoms. The number of nitrogens with zero attached hydrogens (tertiary/aromatic N) is 1. The Labute approximate surface area is 147 Å². The molecule has 0 saturated carbocycles. The van der Waals surface area contributed by atoms with Gasteiger partial charge >= 0.3 is 0 Å². The SMILES string of the molecule is Cc1cccc(C(=O)N(NC(=O)c2ccccc2Cl)C(C)(C)C)c1. The van der Waals surface area contributed by atoms with Crippen molar-refractivity contribution in [3.63, 3.8) is 0 Å². The van der Waals surface area contributed by atoms with Crippen LogP contribution in [0, 0.1) is 6.92 Å². The molecule has 4 nitrogen and oxygen atoms in total. The molecule has 0 aliphatic rings. The summed E-state index contributed by atoms with van der Waals surface area (Å²) >= 11 is 6.07. The van der Waals surface area contributed by atoms with Crippen LogP contribution in [0.2, 0.25) is 5.02 Å². The second kappa shape index (κ2) is 7.05. The van der Waals surface area contributed by atoms with Gasteiger partial charge in [0.25, 0.3) is 11.8 Å². The van der Waals surface area contributed by atoms with Crippen molar-refractivity contribution in [1.29, 1.82) is 0 Å². The van der Waals surface area contributed by atoms with Crippen LogP contribution in [0.4, 0.5) is 0 Å². The van der Waals surface area contributed by atoms with Crippen molar-refractivity contribution in [2.24, 2.45) is 0 Å². The molecule has 0 unspecified atom stereocenters. The van der Waals surface area contributed by atoms with Crippen LogP contribution in [0.5, 0.6) is 0 Å². The highest BCUT2D eigenvalue weighted by molar-refractivity contribution is 6.33. The fourth-order valence-corrected chi connectivity index (χ4v) is 2.46. The first-order valence-electron chi connectivity index (χ1n) is 7.67. The minimum Gasteiger partial charge on any atom is -0.267 e. The molecular formula is C19H21ClN2O2. The number of aryl methyl sites for hydroxylation is 1. The Kier molecular flexibility index (Phi) is 5.30. The molecule has 126 valence electrons. The van der Waals surface area contributed by atoms with E-state index < -0.39 is 11.4 Å². The lowest BCUT2D eigenvalue weighted by molar-refractivity contribution is 0.0358. The molecule has 0 heterocycles. The standard InChI is InChI=1S/C19H21ClN2O2/c1-13-8-7-9-14(12-13)18(24)22(19(2,3)4)21-17(23)15-10-5-6-11-16(15)20/h5-12H,1-4H3,(H,21,23). The molecular weight excluding hydrogens is 324 g/mol. The third-order valence-electron chi connectivity index (χ3n) is 3.47. The van der Waals surface area contributed by atoms with Gasteiger partial charge in [-0.1, -0.05) is 41.4 Å². The fraction of sp³-hybridized carbons (Fsp3) is 0.263. The first-order chi connectivity index (χ1) is 11.2. The molecule has 0 aliphatic heterocycles. The Morgan fingerprint density at radius 2 is 1.71 bits per heavy atom. The molecule has 2 aromatic carbocycles. The van der Waals surface area contributed by atoms with Crippen molar-refractivity contribution in [3.8, 4) is 0 Å². The van der Waals surface area contributed by atoms with Gasteiger partial charge in [-0.25, -0.2) is 5.01 Å². The van der Waals surface area contributed by atoms with Crippen LogP contribution in [-0.2, 0) is 0 Å². The maximum Gasteiger partial charge on any atom is 0.272 e. The third kappa shape index (κ3) is 4.15. The van der Waals surface area contributed by atoms with Crippen LogP contribution >= 0.6 is 11.6 Å². The first kappa shape index (κ1) is 18.0. The van der Waals surface area contributed by atoms with E-state index in [9.17, 15) is 9.59 Å². The summed E-state index contributed by atoms with van der Waals surface area (Å²) in [5.41, 5.74) is 3.91. The lowest BCUT2D eigenvalue weighted by Gasteiger charge is -2.35. The number of halogens is 1. The number of amides is 2. The number of benzene rings is 2. The number of nitrogens with one attached hydrogen (secondary N) is 1. The summed E-state index contributed by atoms with van der Waals surface area (Å²) in [7, 11) is 0. The Morgan fingerprint density at radius 3 is 2.29 bits per heavy atom. The van der Waals surface area contributed by atoms with Crippen molar-refractivity contribution >= 4 is 23.4 Å². The average Bonchev–Trinajstić information content (AvgIpc) is 2.51. The Hall–Kier alpha value is -2.33. The molecule has 0 aliphatic carbocycles. The van der Waals surface area contributed by atoms with E-state index in [1.54, 1.807) is 36.4 Å². The number of rotatable bonds is 2. The summed E-state index contributed by atoms with van der Waals surface area (Å²) in [6, 6.07) is 14.0. The van der Waals surface area contributed by atoms with E-state index in [1.165, 1.54) is 5.01 Å². The molecule has 0 atom stereocenters. The van der Waals surface area contributed by atoms with Gasteiger partial charge in [-0.15, -0.1) is 0 Å². The van der Waals surface area contributed by atoms with Gasteiger partial charge in [-0.2, -0.15) is 0 Å². The van der Waals surface area contributed by atoms with Gasteiger partial charge in [0.1, 0.15) is 0 Å². The zero-order chi connectivity index (χ0) is 17.9. The Morgan fingerprint density at radius 1 is 1.04 bits per heavy atom. The number of hydrogen-bond donors (Lipinski definition) is 1. The third-order valence-corrected chi connectivity index (χ3v) is 3.80. The smallest absolute Gasteiger partial charge is 0.267 e. The molecule has 0 saturated heterocycles. The predicted octanol–water partition coefficient (Wildman–Crippen LogP) is 4.23. The second-order valence-corrected chi connectivity index (χ2v) is 7.01. The van der Waals surface area contributed by atoms with E-state index >= 15 is 0 Å². The van der Waals surface area contributed by atoms with Crippen LogP contribution in [-0.4, -0.2) is 22.4 Å². The van der Waals surface area contributed by atoms with Gasteiger partial charge in [0.2, 0.25) is 0 Å². The molecule has 1 N–H and O–H groups in total. The van der Waals surface area contributed by atoms with E-state index in [0.29, 0.717) is 16.1 Å². The predicted molar refractivity (Wildman–Crippen MR) is 96.0 cm³/mol. The monoisotopic (exact) mass is 344 g/mol. The van der Waals surface area contributed by atoms with Gasteiger partial charge in [0.05, 0.1) is 16.1 Å². The Balaban J connectivity index is 2.32. The van der Waals surface area contributed by atoms with Crippen molar-refractivity contribution in [2.45, 2.75) is 33.2 Å². The summed E-state index contributed by atoms with van der Waals surface area (Å²) in [5, 5.41) is 1.68. The molecule has 24 heavy (non-hydrogen) atoms. The van der Waals surface area contributed by atoms with E-state index in [-0.39, 0.29) is 5.91 Å². The second-order valence-electron chi connectivity index (χ2n) is 6.60. The van der Waals surface area contributed by atoms with E-state index in [1.807, 2.05) is 39.8 Å².